The summed E-state index contributed by atoms with van der Waals surface area (Å²) >= 11 is 0. The molecule has 0 unspecified atom stereocenters. The molecule has 0 heterocycles. The van der Waals surface area contributed by atoms with Gasteiger partial charge in [0.1, 0.15) is 0 Å². The molecule has 0 saturated heterocycles. The van der Waals surface area contributed by atoms with Gasteiger partial charge in [0.05, 0.1) is 6.54 Å². The van der Waals surface area contributed by atoms with Crippen LogP contribution in [0.25, 0.3) is 0 Å². The largest absolute Gasteiger partial charge is 0.351 e. The van der Waals surface area contributed by atoms with E-state index in [4.69, 9.17) is 0 Å². The van der Waals surface area contributed by atoms with Crippen LogP contribution in [0.2, 0.25) is 0 Å². The van der Waals surface area contributed by atoms with E-state index in [1.807, 2.05) is 24.3 Å². The molecule has 0 fully saturated rings. The zero-order valence-electron chi connectivity index (χ0n) is 11.5. The average Bonchev–Trinajstić information content (AvgIpc) is 2.37. The zero-order chi connectivity index (χ0) is 14.1. The summed E-state index contributed by atoms with van der Waals surface area (Å²) in [6.07, 6.45) is 1.01. The summed E-state index contributed by atoms with van der Waals surface area (Å²) in [6, 6.07) is 7.40. The zero-order valence-corrected chi connectivity index (χ0v) is 11.5. The second-order valence-electron chi connectivity index (χ2n) is 4.33. The number of nitrogens with one attached hydrogen (secondary N) is 3. The molecule has 0 aliphatic rings. The van der Waals surface area contributed by atoms with Crippen LogP contribution in [0.3, 0.4) is 0 Å². The van der Waals surface area contributed by atoms with Crippen LogP contribution in [-0.2, 0) is 16.1 Å². The highest BCUT2D eigenvalue weighted by molar-refractivity contribution is 5.88. The maximum atomic E-state index is 11.5. The van der Waals surface area contributed by atoms with Crippen molar-refractivity contribution in [3.63, 3.8) is 0 Å². The monoisotopic (exact) mass is 263 g/mol. The summed E-state index contributed by atoms with van der Waals surface area (Å²) in [7, 11) is 0. The minimum absolute atomic E-state index is 0.0145. The predicted octanol–water partition coefficient (Wildman–Crippen LogP) is 1.26. The fourth-order valence-corrected chi connectivity index (χ4v) is 1.55. The Morgan fingerprint density at radius 1 is 1.16 bits per heavy atom. The standard InChI is InChI=1S/C14H21N3O2/c1-3-8-15-10-14(19)16-9-12-4-6-13(7-5-12)17-11(2)18/h4-7,15H,3,8-10H2,1-2H3,(H,16,19)(H,17,18). The molecule has 5 heteroatoms. The Morgan fingerprint density at radius 3 is 2.42 bits per heavy atom. The van der Waals surface area contributed by atoms with Crippen LogP contribution >= 0.6 is 0 Å². The van der Waals surface area contributed by atoms with Crippen LogP contribution in [0.4, 0.5) is 5.69 Å². The molecule has 1 aromatic rings. The number of amides is 2. The Hall–Kier alpha value is -1.88. The Kier molecular flexibility index (Phi) is 6.60. The summed E-state index contributed by atoms with van der Waals surface area (Å²) < 4.78 is 0. The molecule has 19 heavy (non-hydrogen) atoms. The molecular formula is C14H21N3O2. The minimum Gasteiger partial charge on any atom is -0.351 e. The number of carbonyl (C=O) groups excluding carboxylic acids is 2. The first-order valence-electron chi connectivity index (χ1n) is 6.45. The van der Waals surface area contributed by atoms with Crippen molar-refractivity contribution >= 4 is 17.5 Å². The van der Waals surface area contributed by atoms with Crippen molar-refractivity contribution in [1.29, 1.82) is 0 Å². The highest BCUT2D eigenvalue weighted by Crippen LogP contribution is 2.09. The third-order valence-corrected chi connectivity index (χ3v) is 2.48. The molecule has 0 bridgehead atoms. The predicted molar refractivity (Wildman–Crippen MR) is 75.8 cm³/mol. The Balaban J connectivity index is 2.33. The normalized spacial score (nSPS) is 10.0. The summed E-state index contributed by atoms with van der Waals surface area (Å²) in [5.74, 6) is -0.109. The molecule has 3 N–H and O–H groups in total. The molecule has 0 radical (unpaired) electrons. The van der Waals surface area contributed by atoms with Gasteiger partial charge in [0.15, 0.2) is 0 Å². The maximum Gasteiger partial charge on any atom is 0.234 e. The third kappa shape index (κ3) is 6.57. The van der Waals surface area contributed by atoms with Crippen molar-refractivity contribution < 1.29 is 9.59 Å². The van der Waals surface area contributed by atoms with Crippen molar-refractivity contribution in [2.75, 3.05) is 18.4 Å². The van der Waals surface area contributed by atoms with E-state index < -0.39 is 0 Å². The topological polar surface area (TPSA) is 70.2 Å². The van der Waals surface area contributed by atoms with Crippen LogP contribution in [-0.4, -0.2) is 24.9 Å². The Morgan fingerprint density at radius 2 is 1.84 bits per heavy atom. The first-order valence-corrected chi connectivity index (χ1v) is 6.45. The lowest BCUT2D eigenvalue weighted by molar-refractivity contribution is -0.120. The maximum absolute atomic E-state index is 11.5. The number of anilines is 1. The molecule has 0 aliphatic heterocycles. The van der Waals surface area contributed by atoms with Crippen LogP contribution < -0.4 is 16.0 Å². The quantitative estimate of drug-likeness (QED) is 0.649. The van der Waals surface area contributed by atoms with E-state index >= 15 is 0 Å². The van der Waals surface area contributed by atoms with Crippen LogP contribution in [0.1, 0.15) is 25.8 Å². The summed E-state index contributed by atoms with van der Waals surface area (Å²) in [6.45, 7) is 5.21. The van der Waals surface area contributed by atoms with Crippen molar-refractivity contribution in [1.82, 2.24) is 10.6 Å². The number of carbonyl (C=O) groups is 2. The van der Waals surface area contributed by atoms with Gasteiger partial charge in [-0.1, -0.05) is 19.1 Å². The molecule has 1 rings (SSSR count). The average molecular weight is 263 g/mol. The van der Waals surface area contributed by atoms with E-state index in [1.165, 1.54) is 6.92 Å². The van der Waals surface area contributed by atoms with Gasteiger partial charge in [-0.15, -0.1) is 0 Å². The highest BCUT2D eigenvalue weighted by atomic mass is 16.2. The molecule has 2 amide bonds. The summed E-state index contributed by atoms with van der Waals surface area (Å²) in [5.41, 5.74) is 1.75. The van der Waals surface area contributed by atoms with Crippen molar-refractivity contribution in [2.45, 2.75) is 26.8 Å². The number of hydrogen-bond donors (Lipinski definition) is 3. The van der Waals surface area contributed by atoms with Crippen molar-refractivity contribution in [2.24, 2.45) is 0 Å². The lowest BCUT2D eigenvalue weighted by Gasteiger charge is -2.07. The fourth-order valence-electron chi connectivity index (χ4n) is 1.55. The van der Waals surface area contributed by atoms with Gasteiger partial charge in [-0.2, -0.15) is 0 Å². The second kappa shape index (κ2) is 8.26. The smallest absolute Gasteiger partial charge is 0.234 e. The van der Waals surface area contributed by atoms with E-state index in [1.54, 1.807) is 0 Å². The summed E-state index contributed by atoms with van der Waals surface area (Å²) in [4.78, 5) is 22.3. The lowest BCUT2D eigenvalue weighted by Crippen LogP contribution is -2.33. The van der Waals surface area contributed by atoms with Gasteiger partial charge >= 0.3 is 0 Å². The second-order valence-corrected chi connectivity index (χ2v) is 4.33. The van der Waals surface area contributed by atoms with E-state index in [0.29, 0.717) is 13.1 Å². The van der Waals surface area contributed by atoms with Crippen molar-refractivity contribution in [3.8, 4) is 0 Å². The van der Waals surface area contributed by atoms with Gasteiger partial charge in [-0.05, 0) is 30.7 Å². The molecule has 0 spiro atoms. The first kappa shape index (κ1) is 15.2. The number of hydrogen-bond acceptors (Lipinski definition) is 3. The Bertz CT molecular complexity index is 415. The molecule has 0 saturated carbocycles. The number of benzene rings is 1. The third-order valence-electron chi connectivity index (χ3n) is 2.48. The van der Waals surface area contributed by atoms with E-state index in [-0.39, 0.29) is 11.8 Å². The molecule has 1 aromatic carbocycles. The van der Waals surface area contributed by atoms with Crippen LogP contribution in [0.5, 0.6) is 0 Å². The molecule has 0 aromatic heterocycles. The van der Waals surface area contributed by atoms with Gasteiger partial charge in [0.2, 0.25) is 11.8 Å². The minimum atomic E-state index is -0.0944. The SMILES string of the molecule is CCCNCC(=O)NCc1ccc(NC(C)=O)cc1. The summed E-state index contributed by atoms with van der Waals surface area (Å²) in [5, 5.41) is 8.57. The van der Waals surface area contributed by atoms with Crippen LogP contribution in [0, 0.1) is 0 Å². The lowest BCUT2D eigenvalue weighted by atomic mass is 10.2. The van der Waals surface area contributed by atoms with E-state index in [2.05, 4.69) is 22.9 Å². The molecule has 104 valence electrons. The van der Waals surface area contributed by atoms with E-state index in [0.717, 1.165) is 24.2 Å². The van der Waals surface area contributed by atoms with Gasteiger partial charge in [0, 0.05) is 19.2 Å². The number of rotatable bonds is 7. The van der Waals surface area contributed by atoms with Gasteiger partial charge in [-0.3, -0.25) is 9.59 Å². The van der Waals surface area contributed by atoms with Crippen LogP contribution in [0.15, 0.2) is 24.3 Å². The fraction of sp³-hybridized carbons (Fsp3) is 0.429. The molecule has 0 aliphatic carbocycles. The molecule has 5 nitrogen and oxygen atoms in total. The van der Waals surface area contributed by atoms with Gasteiger partial charge in [0.25, 0.3) is 0 Å². The first-order chi connectivity index (χ1) is 9.11. The van der Waals surface area contributed by atoms with Gasteiger partial charge in [-0.25, -0.2) is 0 Å². The van der Waals surface area contributed by atoms with Gasteiger partial charge < -0.3 is 16.0 Å². The Labute approximate surface area is 113 Å². The molecule has 0 atom stereocenters. The van der Waals surface area contributed by atoms with Crippen molar-refractivity contribution in [3.05, 3.63) is 29.8 Å². The highest BCUT2D eigenvalue weighted by Gasteiger charge is 2.01. The molecular weight excluding hydrogens is 242 g/mol. The van der Waals surface area contributed by atoms with E-state index in [9.17, 15) is 9.59 Å².